The van der Waals surface area contributed by atoms with Gasteiger partial charge in [0.05, 0.1) is 5.60 Å². The zero-order valence-electron chi connectivity index (χ0n) is 10.8. The summed E-state index contributed by atoms with van der Waals surface area (Å²) < 4.78 is 65.8. The monoisotopic (exact) mass is 295 g/mol. The van der Waals surface area contributed by atoms with Gasteiger partial charge in [-0.2, -0.15) is 0 Å². The molecule has 0 spiro atoms. The normalized spacial score (nSPS) is 18.1. The topological polar surface area (TPSA) is 23.5 Å². The maximum Gasteiger partial charge on any atom is 0.200 e. The largest absolute Gasteiger partial charge is 0.387 e. The van der Waals surface area contributed by atoms with Gasteiger partial charge in [0.1, 0.15) is 0 Å². The molecule has 1 aromatic carbocycles. The Balaban J connectivity index is 2.16. The summed E-state index contributed by atoms with van der Waals surface area (Å²) in [5.74, 6) is -9.67. The summed E-state index contributed by atoms with van der Waals surface area (Å²) in [5, 5.41) is 9.91. The number of likely N-dealkylation sites (tertiary alicyclic amines) is 1. The van der Waals surface area contributed by atoms with E-state index < -0.39 is 46.8 Å². The number of nitrogens with zero attached hydrogens (tertiary/aromatic N) is 1. The second kappa shape index (κ2) is 5.29. The van der Waals surface area contributed by atoms with E-state index in [0.29, 0.717) is 6.42 Å². The van der Waals surface area contributed by atoms with Gasteiger partial charge in [0, 0.05) is 25.2 Å². The summed E-state index contributed by atoms with van der Waals surface area (Å²) in [7, 11) is 0. The molecule has 1 aromatic rings. The van der Waals surface area contributed by atoms with Gasteiger partial charge in [0.2, 0.25) is 5.82 Å². The SMILES string of the molecule is CCCC1(O)CN(Cc2c(F)c(F)c(F)c(F)c2F)C1. The van der Waals surface area contributed by atoms with Crippen LogP contribution in [-0.2, 0) is 6.54 Å². The minimum atomic E-state index is -2.16. The average molecular weight is 295 g/mol. The maximum absolute atomic E-state index is 13.5. The molecule has 0 saturated carbocycles. The second-order valence-corrected chi connectivity index (χ2v) is 5.17. The molecule has 1 aliphatic heterocycles. The van der Waals surface area contributed by atoms with Crippen LogP contribution in [0.25, 0.3) is 0 Å². The Hall–Kier alpha value is -1.21. The first-order valence-corrected chi connectivity index (χ1v) is 6.24. The lowest BCUT2D eigenvalue weighted by Crippen LogP contribution is -2.61. The molecule has 2 nitrogen and oxygen atoms in total. The molecule has 0 amide bonds. The van der Waals surface area contributed by atoms with Crippen LogP contribution in [0.3, 0.4) is 0 Å². The van der Waals surface area contributed by atoms with Gasteiger partial charge < -0.3 is 5.11 Å². The van der Waals surface area contributed by atoms with E-state index in [1.165, 1.54) is 4.90 Å². The molecule has 2 rings (SSSR count). The number of halogens is 5. The molecule has 0 aromatic heterocycles. The van der Waals surface area contributed by atoms with E-state index in [4.69, 9.17) is 0 Å². The third kappa shape index (κ3) is 2.52. The van der Waals surface area contributed by atoms with E-state index in [0.717, 1.165) is 6.42 Å². The van der Waals surface area contributed by atoms with Gasteiger partial charge in [-0.05, 0) is 6.42 Å². The molecule has 1 N–H and O–H groups in total. The Kier molecular flexibility index (Phi) is 4.02. The Bertz CT molecular complexity index is 499. The van der Waals surface area contributed by atoms with Crippen LogP contribution in [-0.4, -0.2) is 28.7 Å². The molecule has 1 saturated heterocycles. The minimum Gasteiger partial charge on any atom is -0.387 e. The third-order valence-electron chi connectivity index (χ3n) is 3.43. The molecule has 0 unspecified atom stereocenters. The summed E-state index contributed by atoms with van der Waals surface area (Å²) >= 11 is 0. The Labute approximate surface area is 112 Å². The molecule has 20 heavy (non-hydrogen) atoms. The number of benzene rings is 1. The van der Waals surface area contributed by atoms with Crippen LogP contribution >= 0.6 is 0 Å². The van der Waals surface area contributed by atoms with Crippen molar-refractivity contribution in [3.8, 4) is 0 Å². The minimum absolute atomic E-state index is 0.153. The predicted molar refractivity (Wildman–Crippen MR) is 61.4 cm³/mol. The standard InChI is InChI=1S/C13H14F5NO/c1-2-3-13(20)5-19(6-13)4-7-8(14)10(16)12(18)11(17)9(7)15/h20H,2-6H2,1H3. The molecule has 0 atom stereocenters. The van der Waals surface area contributed by atoms with Crippen LogP contribution < -0.4 is 0 Å². The van der Waals surface area contributed by atoms with E-state index >= 15 is 0 Å². The Morgan fingerprint density at radius 2 is 1.40 bits per heavy atom. The highest BCUT2D eigenvalue weighted by atomic mass is 19.2. The van der Waals surface area contributed by atoms with E-state index in [2.05, 4.69) is 0 Å². The lowest BCUT2D eigenvalue weighted by Gasteiger charge is -2.46. The van der Waals surface area contributed by atoms with Gasteiger partial charge in [-0.1, -0.05) is 13.3 Å². The van der Waals surface area contributed by atoms with Crippen LogP contribution in [0.1, 0.15) is 25.3 Å². The van der Waals surface area contributed by atoms with E-state index in [-0.39, 0.29) is 13.1 Å². The third-order valence-corrected chi connectivity index (χ3v) is 3.43. The smallest absolute Gasteiger partial charge is 0.200 e. The lowest BCUT2D eigenvalue weighted by molar-refractivity contribution is -0.107. The molecule has 0 radical (unpaired) electrons. The van der Waals surface area contributed by atoms with Crippen molar-refractivity contribution < 1.29 is 27.1 Å². The first kappa shape index (κ1) is 15.2. The fourth-order valence-electron chi connectivity index (χ4n) is 2.53. The van der Waals surface area contributed by atoms with Gasteiger partial charge in [-0.3, -0.25) is 4.90 Å². The highest BCUT2D eigenvalue weighted by Gasteiger charge is 2.41. The second-order valence-electron chi connectivity index (χ2n) is 5.17. The zero-order valence-corrected chi connectivity index (χ0v) is 10.8. The van der Waals surface area contributed by atoms with Crippen molar-refractivity contribution in [3.63, 3.8) is 0 Å². The van der Waals surface area contributed by atoms with Gasteiger partial charge in [0.15, 0.2) is 23.3 Å². The number of hydrogen-bond acceptors (Lipinski definition) is 2. The van der Waals surface area contributed by atoms with E-state index in [1.807, 2.05) is 6.92 Å². The molecule has 112 valence electrons. The molecule has 1 heterocycles. The fourth-order valence-corrected chi connectivity index (χ4v) is 2.53. The van der Waals surface area contributed by atoms with Gasteiger partial charge in [0.25, 0.3) is 0 Å². The number of aliphatic hydroxyl groups is 1. The van der Waals surface area contributed by atoms with Crippen LogP contribution in [0.15, 0.2) is 0 Å². The molecule has 0 aliphatic carbocycles. The summed E-state index contributed by atoms with van der Waals surface area (Å²) in [6, 6.07) is 0. The zero-order chi connectivity index (χ0) is 15.1. The molecular formula is C13H14F5NO. The van der Waals surface area contributed by atoms with Crippen molar-refractivity contribution in [2.45, 2.75) is 31.9 Å². The number of β-amino-alcohol motifs (C(OH)–C–C–N with tert-alkyl or cyclic N) is 1. The highest BCUT2D eigenvalue weighted by molar-refractivity contribution is 5.24. The van der Waals surface area contributed by atoms with Crippen molar-refractivity contribution in [2.24, 2.45) is 0 Å². The van der Waals surface area contributed by atoms with Crippen molar-refractivity contribution in [1.82, 2.24) is 4.90 Å². The lowest BCUT2D eigenvalue weighted by atomic mass is 9.89. The van der Waals surface area contributed by atoms with Crippen LogP contribution in [0, 0.1) is 29.1 Å². The van der Waals surface area contributed by atoms with E-state index in [9.17, 15) is 27.1 Å². The van der Waals surface area contributed by atoms with Crippen molar-refractivity contribution in [1.29, 1.82) is 0 Å². The van der Waals surface area contributed by atoms with Crippen LogP contribution in [0.5, 0.6) is 0 Å². The van der Waals surface area contributed by atoms with Crippen molar-refractivity contribution >= 4 is 0 Å². The molecule has 7 heteroatoms. The number of rotatable bonds is 4. The van der Waals surface area contributed by atoms with Crippen molar-refractivity contribution in [2.75, 3.05) is 13.1 Å². The summed E-state index contributed by atoms with van der Waals surface area (Å²) in [5.41, 5.74) is -1.79. The number of hydrogen-bond donors (Lipinski definition) is 1. The average Bonchev–Trinajstić information content (AvgIpc) is 2.37. The van der Waals surface area contributed by atoms with Crippen molar-refractivity contribution in [3.05, 3.63) is 34.6 Å². The predicted octanol–water partition coefficient (Wildman–Crippen LogP) is 2.73. The van der Waals surface area contributed by atoms with E-state index in [1.54, 1.807) is 0 Å². The molecule has 0 bridgehead atoms. The Morgan fingerprint density at radius 1 is 0.950 bits per heavy atom. The first-order valence-electron chi connectivity index (χ1n) is 6.24. The summed E-state index contributed by atoms with van der Waals surface area (Å²) in [6.45, 7) is 1.77. The maximum atomic E-state index is 13.5. The summed E-state index contributed by atoms with van der Waals surface area (Å²) in [4.78, 5) is 1.44. The highest BCUT2D eigenvalue weighted by Crippen LogP contribution is 2.30. The quantitative estimate of drug-likeness (QED) is 0.524. The molecular weight excluding hydrogens is 281 g/mol. The molecule has 1 fully saturated rings. The van der Waals surface area contributed by atoms with Gasteiger partial charge in [-0.25, -0.2) is 22.0 Å². The van der Waals surface area contributed by atoms with Crippen LogP contribution in [0.2, 0.25) is 0 Å². The van der Waals surface area contributed by atoms with Gasteiger partial charge >= 0.3 is 0 Å². The summed E-state index contributed by atoms with van der Waals surface area (Å²) in [6.07, 6.45) is 1.27. The van der Waals surface area contributed by atoms with Crippen LogP contribution in [0.4, 0.5) is 22.0 Å². The molecule has 1 aliphatic rings. The first-order chi connectivity index (χ1) is 9.29. The Morgan fingerprint density at radius 3 is 1.85 bits per heavy atom. The van der Waals surface area contributed by atoms with Gasteiger partial charge in [-0.15, -0.1) is 0 Å². The fraction of sp³-hybridized carbons (Fsp3) is 0.538.